The van der Waals surface area contributed by atoms with Crippen molar-refractivity contribution in [2.45, 2.75) is 11.3 Å². The second kappa shape index (κ2) is 9.05. The Morgan fingerprint density at radius 1 is 1.00 bits per heavy atom. The van der Waals surface area contributed by atoms with Gasteiger partial charge in [-0.1, -0.05) is 77.4 Å². The highest BCUT2D eigenvalue weighted by Gasteiger charge is 2.13. The molecule has 0 radical (unpaired) electrons. The third-order valence-electron chi connectivity index (χ3n) is 4.20. The van der Waals surface area contributed by atoms with E-state index in [2.05, 4.69) is 22.3 Å². The summed E-state index contributed by atoms with van der Waals surface area (Å²) in [5, 5.41) is 20.0. The highest BCUT2D eigenvalue weighted by atomic mass is 35.5. The van der Waals surface area contributed by atoms with Gasteiger partial charge < -0.3 is 9.84 Å². The smallest absolute Gasteiger partial charge is 0.195 e. The van der Waals surface area contributed by atoms with Gasteiger partial charge in [-0.3, -0.25) is 4.40 Å². The molecule has 0 aliphatic carbocycles. The molecule has 0 aliphatic rings. The van der Waals surface area contributed by atoms with Crippen LogP contribution in [0.2, 0.25) is 10.0 Å². The highest BCUT2D eigenvalue weighted by Crippen LogP contribution is 2.26. The van der Waals surface area contributed by atoms with E-state index < -0.39 is 6.10 Å². The number of benzene rings is 2. The zero-order chi connectivity index (χ0) is 20.2. The Hall–Kier alpha value is -2.25. The van der Waals surface area contributed by atoms with Gasteiger partial charge in [0.2, 0.25) is 0 Å². The molecule has 4 aromatic rings. The molecule has 8 heteroatoms. The van der Waals surface area contributed by atoms with E-state index in [0.29, 0.717) is 32.4 Å². The van der Waals surface area contributed by atoms with E-state index in [4.69, 9.17) is 27.9 Å². The summed E-state index contributed by atoms with van der Waals surface area (Å²) in [6.07, 6.45) is 1.03. The summed E-state index contributed by atoms with van der Waals surface area (Å²) >= 11 is 13.5. The Labute approximate surface area is 182 Å². The number of nitrogens with zero attached hydrogens (tertiary/aromatic N) is 3. The van der Waals surface area contributed by atoms with Crippen LogP contribution in [0.25, 0.3) is 16.8 Å². The van der Waals surface area contributed by atoms with Crippen LogP contribution in [0.5, 0.6) is 5.75 Å². The number of aliphatic hydroxyl groups excluding tert-OH is 1. The zero-order valence-electron chi connectivity index (χ0n) is 15.2. The van der Waals surface area contributed by atoms with Crippen molar-refractivity contribution in [3.63, 3.8) is 0 Å². The first-order chi connectivity index (χ1) is 14.1. The molecule has 5 nitrogen and oxygen atoms in total. The van der Waals surface area contributed by atoms with Crippen molar-refractivity contribution in [1.29, 1.82) is 0 Å². The number of aliphatic hydroxyl groups is 1. The lowest BCUT2D eigenvalue weighted by Gasteiger charge is -2.12. The quantitative estimate of drug-likeness (QED) is 0.394. The van der Waals surface area contributed by atoms with Gasteiger partial charge in [-0.25, -0.2) is 0 Å². The molecule has 0 bridgehead atoms. The zero-order valence-corrected chi connectivity index (χ0v) is 17.5. The second-order valence-corrected chi connectivity index (χ2v) is 8.18. The number of hydrogen-bond donors (Lipinski definition) is 1. The molecule has 0 saturated carbocycles. The van der Waals surface area contributed by atoms with E-state index in [-0.39, 0.29) is 6.61 Å². The molecule has 4 rings (SSSR count). The Morgan fingerprint density at radius 2 is 1.72 bits per heavy atom. The fraction of sp³-hybridized carbons (Fsp3) is 0.143. The van der Waals surface area contributed by atoms with Gasteiger partial charge in [0, 0.05) is 11.9 Å². The topological polar surface area (TPSA) is 59.7 Å². The van der Waals surface area contributed by atoms with E-state index in [0.717, 1.165) is 11.1 Å². The molecular weight excluding hydrogens is 429 g/mol. The van der Waals surface area contributed by atoms with Crippen LogP contribution in [0.4, 0.5) is 0 Å². The van der Waals surface area contributed by atoms with E-state index in [1.54, 1.807) is 16.7 Å². The number of fused-ring (bicyclic) bond motifs is 1. The first-order valence-electron chi connectivity index (χ1n) is 8.89. The molecule has 0 spiro atoms. The summed E-state index contributed by atoms with van der Waals surface area (Å²) in [4.78, 5) is 0. The van der Waals surface area contributed by atoms with Crippen LogP contribution in [0.15, 0.2) is 72.0 Å². The predicted octanol–water partition coefficient (Wildman–Crippen LogP) is 5.24. The lowest BCUT2D eigenvalue weighted by Crippen LogP contribution is -2.20. The Morgan fingerprint density at radius 3 is 2.48 bits per heavy atom. The van der Waals surface area contributed by atoms with Crippen molar-refractivity contribution in [3.8, 4) is 16.9 Å². The van der Waals surface area contributed by atoms with Gasteiger partial charge in [0.25, 0.3) is 0 Å². The van der Waals surface area contributed by atoms with Crippen molar-refractivity contribution >= 4 is 40.6 Å². The van der Waals surface area contributed by atoms with Crippen LogP contribution < -0.4 is 4.74 Å². The minimum atomic E-state index is -0.671. The highest BCUT2D eigenvalue weighted by molar-refractivity contribution is 7.99. The number of thioether (sulfide) groups is 1. The fourth-order valence-electron chi connectivity index (χ4n) is 2.79. The molecule has 0 aliphatic heterocycles. The van der Waals surface area contributed by atoms with Crippen LogP contribution in [0.3, 0.4) is 0 Å². The number of halogens is 2. The maximum atomic E-state index is 10.3. The number of ether oxygens (including phenoxy) is 1. The van der Waals surface area contributed by atoms with Gasteiger partial charge in [0.15, 0.2) is 10.8 Å². The van der Waals surface area contributed by atoms with E-state index >= 15 is 0 Å². The SMILES string of the molecule is OC(COc1ccc(-c2ccccc2)cc1)CSc1nnc2c(Cl)cc(Cl)cn12. The largest absolute Gasteiger partial charge is 0.491 e. The standard InChI is InChI=1S/C21H17Cl2N3O2S/c22-16-10-19(23)20-24-25-21(26(20)11-16)29-13-17(27)12-28-18-8-6-15(7-9-18)14-4-2-1-3-5-14/h1-11,17,27H,12-13H2. The Kier molecular flexibility index (Phi) is 6.25. The number of hydrogen-bond acceptors (Lipinski definition) is 5. The first kappa shape index (κ1) is 20.0. The van der Waals surface area contributed by atoms with E-state index in [1.165, 1.54) is 11.8 Å². The van der Waals surface area contributed by atoms with E-state index in [1.807, 2.05) is 42.5 Å². The minimum absolute atomic E-state index is 0.177. The third-order valence-corrected chi connectivity index (χ3v) is 5.78. The molecule has 148 valence electrons. The average Bonchev–Trinajstić information content (AvgIpc) is 3.15. The van der Waals surface area contributed by atoms with Gasteiger partial charge in [-0.2, -0.15) is 0 Å². The van der Waals surface area contributed by atoms with Crippen LogP contribution in [-0.4, -0.2) is 38.2 Å². The van der Waals surface area contributed by atoms with Gasteiger partial charge >= 0.3 is 0 Å². The fourth-order valence-corrected chi connectivity index (χ4v) is 4.11. The maximum Gasteiger partial charge on any atom is 0.195 e. The summed E-state index contributed by atoms with van der Waals surface area (Å²) in [7, 11) is 0. The third kappa shape index (κ3) is 4.85. The van der Waals surface area contributed by atoms with Gasteiger partial charge in [0.05, 0.1) is 16.1 Å². The van der Waals surface area contributed by atoms with Crippen molar-refractivity contribution in [2.75, 3.05) is 12.4 Å². The molecule has 1 atom stereocenters. The first-order valence-corrected chi connectivity index (χ1v) is 10.6. The lowest BCUT2D eigenvalue weighted by molar-refractivity contribution is 0.126. The second-order valence-electron chi connectivity index (χ2n) is 6.35. The normalized spacial score (nSPS) is 12.2. The van der Waals surface area contributed by atoms with Crippen molar-refractivity contribution < 1.29 is 9.84 Å². The van der Waals surface area contributed by atoms with Crippen molar-refractivity contribution in [1.82, 2.24) is 14.6 Å². The van der Waals surface area contributed by atoms with Crippen LogP contribution in [-0.2, 0) is 0 Å². The van der Waals surface area contributed by atoms with Crippen molar-refractivity contribution in [2.24, 2.45) is 0 Å². The maximum absolute atomic E-state index is 10.3. The lowest BCUT2D eigenvalue weighted by atomic mass is 10.1. The van der Waals surface area contributed by atoms with Crippen LogP contribution in [0.1, 0.15) is 0 Å². The monoisotopic (exact) mass is 445 g/mol. The van der Waals surface area contributed by atoms with Crippen LogP contribution >= 0.6 is 35.0 Å². The Bertz CT molecular complexity index is 1100. The summed E-state index contributed by atoms with van der Waals surface area (Å²) in [6, 6.07) is 19.6. The van der Waals surface area contributed by atoms with Gasteiger partial charge in [-0.05, 0) is 29.3 Å². The summed E-state index contributed by atoms with van der Waals surface area (Å²) in [5.41, 5.74) is 2.80. The summed E-state index contributed by atoms with van der Waals surface area (Å²) in [5.74, 6) is 1.10. The van der Waals surface area contributed by atoms with Crippen molar-refractivity contribution in [3.05, 3.63) is 76.9 Å². The molecule has 0 amide bonds. The molecule has 1 N–H and O–H groups in total. The average molecular weight is 446 g/mol. The minimum Gasteiger partial charge on any atom is -0.491 e. The molecule has 29 heavy (non-hydrogen) atoms. The Balaban J connectivity index is 1.32. The van der Waals surface area contributed by atoms with E-state index in [9.17, 15) is 5.11 Å². The summed E-state index contributed by atoms with van der Waals surface area (Å²) < 4.78 is 7.42. The molecular formula is C21H17Cl2N3O2S. The molecule has 2 heterocycles. The molecule has 1 unspecified atom stereocenters. The van der Waals surface area contributed by atoms with Gasteiger partial charge in [0.1, 0.15) is 12.4 Å². The number of rotatable bonds is 7. The molecule has 2 aromatic carbocycles. The number of pyridine rings is 1. The number of aromatic nitrogens is 3. The van der Waals surface area contributed by atoms with Crippen LogP contribution in [0, 0.1) is 0 Å². The molecule has 0 fully saturated rings. The predicted molar refractivity (Wildman–Crippen MR) is 117 cm³/mol. The summed E-state index contributed by atoms with van der Waals surface area (Å²) in [6.45, 7) is 0.177. The van der Waals surface area contributed by atoms with Gasteiger partial charge in [-0.15, -0.1) is 10.2 Å². The molecule has 2 aromatic heterocycles. The molecule has 0 saturated heterocycles.